The van der Waals surface area contributed by atoms with E-state index in [4.69, 9.17) is 11.6 Å². The van der Waals surface area contributed by atoms with Gasteiger partial charge in [0, 0.05) is 16.3 Å². The fraction of sp³-hybridized carbons (Fsp3) is 0.200. The van der Waals surface area contributed by atoms with Crippen LogP contribution in [0.15, 0.2) is 29.4 Å². The second kappa shape index (κ2) is 3.54. The average molecular weight is 238 g/mol. The quantitative estimate of drug-likeness (QED) is 0.764. The van der Waals surface area contributed by atoms with E-state index < -0.39 is 0 Å². The lowest BCUT2D eigenvalue weighted by Gasteiger charge is -1.95. The number of aromatic nitrogens is 3. The van der Waals surface area contributed by atoms with Crippen LogP contribution < -0.4 is 0 Å². The minimum atomic E-state index is 0.718. The second-order valence-corrected chi connectivity index (χ2v) is 4.80. The van der Waals surface area contributed by atoms with Gasteiger partial charge in [-0.1, -0.05) is 35.5 Å². The van der Waals surface area contributed by atoms with Crippen molar-refractivity contribution in [1.82, 2.24) is 14.8 Å². The van der Waals surface area contributed by atoms with Crippen molar-refractivity contribution in [3.8, 4) is 11.4 Å². The van der Waals surface area contributed by atoms with Crippen LogP contribution >= 0.6 is 23.4 Å². The minimum Gasteiger partial charge on any atom is -0.239 e. The average Bonchev–Trinajstić information content (AvgIpc) is 2.76. The Bertz CT molecular complexity index is 488. The first-order valence-corrected chi connectivity index (χ1v) is 6.03. The summed E-state index contributed by atoms with van der Waals surface area (Å²) in [5.74, 6) is 1.84. The Labute approximate surface area is 96.5 Å². The van der Waals surface area contributed by atoms with Crippen molar-refractivity contribution in [2.24, 2.45) is 0 Å². The maximum Gasteiger partial charge on any atom is 0.186 e. The van der Waals surface area contributed by atoms with E-state index >= 15 is 0 Å². The minimum absolute atomic E-state index is 0.718. The van der Waals surface area contributed by atoms with Crippen LogP contribution in [0.2, 0.25) is 5.02 Å². The van der Waals surface area contributed by atoms with Crippen LogP contribution in [0, 0.1) is 0 Å². The van der Waals surface area contributed by atoms with E-state index in [1.165, 1.54) is 0 Å². The zero-order valence-electron chi connectivity index (χ0n) is 7.85. The first-order chi connectivity index (χ1) is 7.33. The highest BCUT2D eigenvalue weighted by molar-refractivity contribution is 7.99. The molecule has 0 radical (unpaired) electrons. The monoisotopic (exact) mass is 237 g/mol. The molecule has 0 fully saturated rings. The smallest absolute Gasteiger partial charge is 0.186 e. The highest BCUT2D eigenvalue weighted by Gasteiger charge is 2.16. The molecule has 3 nitrogen and oxygen atoms in total. The summed E-state index contributed by atoms with van der Waals surface area (Å²) < 4.78 is 1.95. The van der Waals surface area contributed by atoms with Crippen LogP contribution in [0.1, 0.15) is 0 Å². The van der Waals surface area contributed by atoms with E-state index in [0.29, 0.717) is 0 Å². The van der Waals surface area contributed by atoms with Crippen molar-refractivity contribution in [2.75, 3.05) is 5.75 Å². The summed E-state index contributed by atoms with van der Waals surface area (Å²) in [7, 11) is 0. The van der Waals surface area contributed by atoms with Gasteiger partial charge >= 0.3 is 0 Å². The van der Waals surface area contributed by atoms with Crippen molar-refractivity contribution >= 4 is 23.4 Å². The molecule has 0 saturated heterocycles. The number of rotatable bonds is 1. The van der Waals surface area contributed by atoms with Gasteiger partial charge in [-0.15, -0.1) is 5.10 Å². The lowest BCUT2D eigenvalue weighted by Crippen LogP contribution is -1.95. The van der Waals surface area contributed by atoms with Crippen molar-refractivity contribution in [3.05, 3.63) is 29.3 Å². The van der Waals surface area contributed by atoms with Crippen molar-refractivity contribution < 1.29 is 0 Å². The van der Waals surface area contributed by atoms with Gasteiger partial charge < -0.3 is 0 Å². The molecule has 1 aliphatic heterocycles. The number of hydrogen-bond acceptors (Lipinski definition) is 3. The molecule has 0 N–H and O–H groups in total. The molecule has 0 atom stereocenters. The first-order valence-electron chi connectivity index (χ1n) is 4.66. The molecule has 5 heteroatoms. The normalized spacial score (nSPS) is 14.2. The number of nitrogens with zero attached hydrogens (tertiary/aromatic N) is 3. The molecule has 76 valence electrons. The summed E-state index contributed by atoms with van der Waals surface area (Å²) in [6.07, 6.45) is 0. The summed E-state index contributed by atoms with van der Waals surface area (Å²) in [6.45, 7) is 0.952. The Hall–Kier alpha value is -1.00. The van der Waals surface area contributed by atoms with Crippen LogP contribution in [-0.4, -0.2) is 20.5 Å². The van der Waals surface area contributed by atoms with Gasteiger partial charge in [0.15, 0.2) is 11.0 Å². The predicted molar refractivity (Wildman–Crippen MR) is 61.2 cm³/mol. The van der Waals surface area contributed by atoms with Crippen LogP contribution in [0.4, 0.5) is 0 Å². The molecule has 2 heterocycles. The highest BCUT2D eigenvalue weighted by atomic mass is 35.5. The molecule has 0 bridgehead atoms. The number of halogens is 1. The van der Waals surface area contributed by atoms with E-state index in [1.54, 1.807) is 11.8 Å². The summed E-state index contributed by atoms with van der Waals surface area (Å²) in [5.41, 5.74) is 0.977. The van der Waals surface area contributed by atoms with Gasteiger partial charge in [0.2, 0.25) is 0 Å². The topological polar surface area (TPSA) is 30.7 Å². The Kier molecular flexibility index (Phi) is 2.18. The molecular weight excluding hydrogens is 230 g/mol. The molecular formula is C10H8ClN3S. The van der Waals surface area contributed by atoms with Crippen LogP contribution in [0.25, 0.3) is 11.4 Å². The zero-order chi connectivity index (χ0) is 10.3. The molecule has 0 saturated carbocycles. The van der Waals surface area contributed by atoms with Crippen molar-refractivity contribution in [1.29, 1.82) is 0 Å². The third-order valence-corrected chi connectivity index (χ3v) is 3.44. The molecule has 2 aromatic rings. The predicted octanol–water partition coefficient (Wildman–Crippen LogP) is 2.70. The molecule has 1 aliphatic rings. The molecule has 0 aliphatic carbocycles. The standard InChI is InChI=1S/C10H8ClN3S/c11-8-3-1-2-7(6-8)9-12-10-14(13-9)4-5-15-10/h1-3,6H,4-5H2. The van der Waals surface area contributed by atoms with Gasteiger partial charge in [0.05, 0.1) is 6.54 Å². The maximum atomic E-state index is 5.92. The Morgan fingerprint density at radius 2 is 2.33 bits per heavy atom. The van der Waals surface area contributed by atoms with Gasteiger partial charge in [0.1, 0.15) is 0 Å². The number of fused-ring (bicyclic) bond motifs is 1. The van der Waals surface area contributed by atoms with Crippen LogP contribution in [0.3, 0.4) is 0 Å². The van der Waals surface area contributed by atoms with Crippen LogP contribution in [0.5, 0.6) is 0 Å². The molecule has 0 unspecified atom stereocenters. The van der Waals surface area contributed by atoms with E-state index in [-0.39, 0.29) is 0 Å². The van der Waals surface area contributed by atoms with Gasteiger partial charge in [-0.05, 0) is 12.1 Å². The van der Waals surface area contributed by atoms with E-state index in [9.17, 15) is 0 Å². The van der Waals surface area contributed by atoms with Crippen molar-refractivity contribution in [3.63, 3.8) is 0 Å². The lowest BCUT2D eigenvalue weighted by atomic mass is 10.2. The third-order valence-electron chi connectivity index (χ3n) is 2.25. The first kappa shape index (κ1) is 9.24. The summed E-state index contributed by atoms with van der Waals surface area (Å²) in [5, 5.41) is 6.15. The molecule has 0 amide bonds. The third kappa shape index (κ3) is 1.64. The molecule has 1 aromatic carbocycles. The van der Waals surface area contributed by atoms with E-state index in [2.05, 4.69) is 10.1 Å². The van der Waals surface area contributed by atoms with Gasteiger partial charge in [-0.2, -0.15) is 0 Å². The van der Waals surface area contributed by atoms with E-state index in [1.807, 2.05) is 28.9 Å². The van der Waals surface area contributed by atoms with Gasteiger partial charge in [-0.25, -0.2) is 9.67 Å². The zero-order valence-corrected chi connectivity index (χ0v) is 9.42. The molecule has 1 aromatic heterocycles. The fourth-order valence-corrected chi connectivity index (χ4v) is 2.62. The van der Waals surface area contributed by atoms with E-state index in [0.717, 1.165) is 33.9 Å². The maximum absolute atomic E-state index is 5.92. The Morgan fingerprint density at radius 3 is 3.13 bits per heavy atom. The number of hydrogen-bond donors (Lipinski definition) is 0. The summed E-state index contributed by atoms with van der Waals surface area (Å²) in [4.78, 5) is 4.46. The fourth-order valence-electron chi connectivity index (χ4n) is 1.55. The summed E-state index contributed by atoms with van der Waals surface area (Å²) >= 11 is 7.67. The molecule has 0 spiro atoms. The summed E-state index contributed by atoms with van der Waals surface area (Å²) in [6, 6.07) is 7.62. The van der Waals surface area contributed by atoms with Gasteiger partial charge in [0.25, 0.3) is 0 Å². The molecule has 3 rings (SSSR count). The lowest BCUT2D eigenvalue weighted by molar-refractivity contribution is 0.626. The largest absolute Gasteiger partial charge is 0.239 e. The SMILES string of the molecule is Clc1cccc(-c2nc3n(n2)CCS3)c1. The number of aryl methyl sites for hydroxylation is 1. The Balaban J connectivity index is 2.06. The van der Waals surface area contributed by atoms with Crippen LogP contribution in [-0.2, 0) is 6.54 Å². The highest BCUT2D eigenvalue weighted by Crippen LogP contribution is 2.27. The van der Waals surface area contributed by atoms with Gasteiger partial charge in [-0.3, -0.25) is 0 Å². The number of thioether (sulfide) groups is 1. The molecule has 15 heavy (non-hydrogen) atoms. The van der Waals surface area contributed by atoms with Crippen molar-refractivity contribution in [2.45, 2.75) is 11.7 Å². The number of benzene rings is 1. The second-order valence-electron chi connectivity index (χ2n) is 3.30. The Morgan fingerprint density at radius 1 is 1.40 bits per heavy atom.